The van der Waals surface area contributed by atoms with E-state index in [-0.39, 0.29) is 30.4 Å². The monoisotopic (exact) mass is 397 g/mol. The van der Waals surface area contributed by atoms with Gasteiger partial charge in [-0.05, 0) is 68.8 Å². The van der Waals surface area contributed by atoms with Crippen molar-refractivity contribution in [3.63, 3.8) is 0 Å². The Morgan fingerprint density at radius 3 is 2.07 bits per heavy atom. The summed E-state index contributed by atoms with van der Waals surface area (Å²) >= 11 is 0. The second-order valence-corrected chi connectivity index (χ2v) is 6.82. The molecule has 0 bridgehead atoms. The summed E-state index contributed by atoms with van der Waals surface area (Å²) in [5.41, 5.74) is 2.32. The second kappa shape index (κ2) is 10.8. The first-order chi connectivity index (χ1) is 13.9. The van der Waals surface area contributed by atoms with Gasteiger partial charge in [-0.25, -0.2) is 4.79 Å². The lowest BCUT2D eigenvalue weighted by atomic mass is 10.2. The molecule has 2 amide bonds. The van der Waals surface area contributed by atoms with Crippen molar-refractivity contribution in [2.24, 2.45) is 0 Å². The van der Waals surface area contributed by atoms with Crippen molar-refractivity contribution in [3.05, 3.63) is 59.7 Å². The third-order valence-electron chi connectivity index (χ3n) is 3.86. The maximum atomic E-state index is 12.1. The standard InChI is InChI=1S/C22H27N3O4/c1-4-13-29-22(28)17-7-9-18(10-8-17)23-14-20(26)25-19-11-5-16(6-12-19)21(27)24-15(2)3/h5-12,15,23H,4,13-14H2,1-3H3,(H,24,27)(H,25,26). The van der Waals surface area contributed by atoms with Crippen molar-refractivity contribution in [1.29, 1.82) is 0 Å². The quantitative estimate of drug-likeness (QED) is 0.563. The van der Waals surface area contributed by atoms with Gasteiger partial charge in [-0.2, -0.15) is 0 Å². The Morgan fingerprint density at radius 1 is 0.897 bits per heavy atom. The molecule has 0 atom stereocenters. The number of anilines is 2. The largest absolute Gasteiger partial charge is 0.462 e. The van der Waals surface area contributed by atoms with E-state index >= 15 is 0 Å². The van der Waals surface area contributed by atoms with E-state index in [1.165, 1.54) is 0 Å². The minimum atomic E-state index is -0.360. The van der Waals surface area contributed by atoms with Crippen molar-refractivity contribution in [2.75, 3.05) is 23.8 Å². The van der Waals surface area contributed by atoms with E-state index in [4.69, 9.17) is 4.74 Å². The van der Waals surface area contributed by atoms with Gasteiger partial charge in [0.1, 0.15) is 0 Å². The first-order valence-corrected chi connectivity index (χ1v) is 9.61. The third-order valence-corrected chi connectivity index (χ3v) is 3.86. The Morgan fingerprint density at radius 2 is 1.48 bits per heavy atom. The second-order valence-electron chi connectivity index (χ2n) is 6.82. The Balaban J connectivity index is 1.82. The number of nitrogens with one attached hydrogen (secondary N) is 3. The highest BCUT2D eigenvalue weighted by molar-refractivity contribution is 5.97. The van der Waals surface area contributed by atoms with E-state index in [0.717, 1.165) is 6.42 Å². The van der Waals surface area contributed by atoms with E-state index in [1.807, 2.05) is 20.8 Å². The number of carbonyl (C=O) groups is 3. The molecule has 0 saturated heterocycles. The zero-order valence-corrected chi connectivity index (χ0v) is 17.0. The van der Waals surface area contributed by atoms with Gasteiger partial charge < -0.3 is 20.7 Å². The molecule has 0 aromatic heterocycles. The van der Waals surface area contributed by atoms with E-state index < -0.39 is 0 Å². The van der Waals surface area contributed by atoms with Crippen LogP contribution in [0.5, 0.6) is 0 Å². The van der Waals surface area contributed by atoms with E-state index in [0.29, 0.717) is 29.1 Å². The molecule has 2 aromatic rings. The molecule has 0 spiro atoms. The SMILES string of the molecule is CCCOC(=O)c1ccc(NCC(=O)Nc2ccc(C(=O)NC(C)C)cc2)cc1. The zero-order chi connectivity index (χ0) is 21.2. The molecule has 154 valence electrons. The predicted octanol–water partition coefficient (Wildman–Crippen LogP) is 3.44. The average molecular weight is 397 g/mol. The van der Waals surface area contributed by atoms with Crippen molar-refractivity contribution in [2.45, 2.75) is 33.2 Å². The van der Waals surface area contributed by atoms with Crippen LogP contribution in [0.15, 0.2) is 48.5 Å². The van der Waals surface area contributed by atoms with Crippen LogP contribution in [0.1, 0.15) is 47.9 Å². The lowest BCUT2D eigenvalue weighted by molar-refractivity contribution is -0.114. The molecule has 29 heavy (non-hydrogen) atoms. The van der Waals surface area contributed by atoms with Gasteiger partial charge in [-0.1, -0.05) is 6.92 Å². The molecule has 0 unspecified atom stereocenters. The third kappa shape index (κ3) is 7.29. The molecule has 7 heteroatoms. The Labute approximate surface area is 170 Å². The van der Waals surface area contributed by atoms with Gasteiger partial charge in [0.25, 0.3) is 5.91 Å². The molecule has 0 saturated carbocycles. The molecule has 0 heterocycles. The van der Waals surface area contributed by atoms with Crippen LogP contribution in [0.3, 0.4) is 0 Å². The maximum Gasteiger partial charge on any atom is 0.338 e. The van der Waals surface area contributed by atoms with Crippen molar-refractivity contribution in [1.82, 2.24) is 5.32 Å². The summed E-state index contributed by atoms with van der Waals surface area (Å²) in [4.78, 5) is 35.8. The minimum Gasteiger partial charge on any atom is -0.462 e. The van der Waals surface area contributed by atoms with Crippen molar-refractivity contribution < 1.29 is 19.1 Å². The molecule has 3 N–H and O–H groups in total. The predicted molar refractivity (Wildman–Crippen MR) is 113 cm³/mol. The lowest BCUT2D eigenvalue weighted by Gasteiger charge is -2.10. The van der Waals surface area contributed by atoms with Crippen LogP contribution in [0, 0.1) is 0 Å². The van der Waals surface area contributed by atoms with Gasteiger partial charge in [-0.3, -0.25) is 9.59 Å². The molecule has 0 aliphatic carbocycles. The summed E-state index contributed by atoms with van der Waals surface area (Å²) < 4.78 is 5.08. The molecule has 0 fully saturated rings. The van der Waals surface area contributed by atoms with Crippen LogP contribution in [0.4, 0.5) is 11.4 Å². The molecule has 2 aromatic carbocycles. The fourth-order valence-electron chi connectivity index (χ4n) is 2.44. The molecular weight excluding hydrogens is 370 g/mol. The maximum absolute atomic E-state index is 12.1. The van der Waals surface area contributed by atoms with Gasteiger partial charge in [0.05, 0.1) is 18.7 Å². The van der Waals surface area contributed by atoms with Gasteiger partial charge in [-0.15, -0.1) is 0 Å². The van der Waals surface area contributed by atoms with Crippen LogP contribution < -0.4 is 16.0 Å². The van der Waals surface area contributed by atoms with Crippen LogP contribution in [0.2, 0.25) is 0 Å². The Kier molecular flexibility index (Phi) is 8.21. The lowest BCUT2D eigenvalue weighted by Crippen LogP contribution is -2.30. The minimum absolute atomic E-state index is 0.0593. The first kappa shape index (κ1) is 21.9. The number of hydrogen-bond donors (Lipinski definition) is 3. The number of esters is 1. The highest BCUT2D eigenvalue weighted by atomic mass is 16.5. The van der Waals surface area contributed by atoms with Gasteiger partial charge >= 0.3 is 5.97 Å². The fourth-order valence-corrected chi connectivity index (χ4v) is 2.44. The summed E-state index contributed by atoms with van der Waals surface area (Å²) in [6.07, 6.45) is 0.772. The topological polar surface area (TPSA) is 96.5 Å². The van der Waals surface area contributed by atoms with Gasteiger partial charge in [0.2, 0.25) is 5.91 Å². The summed E-state index contributed by atoms with van der Waals surface area (Å²) in [6.45, 7) is 6.18. The smallest absolute Gasteiger partial charge is 0.338 e. The number of benzene rings is 2. The molecule has 2 rings (SSSR count). The van der Waals surface area contributed by atoms with E-state index in [2.05, 4.69) is 16.0 Å². The first-order valence-electron chi connectivity index (χ1n) is 9.61. The molecule has 7 nitrogen and oxygen atoms in total. The Bertz CT molecular complexity index is 830. The van der Waals surface area contributed by atoms with Crippen molar-refractivity contribution >= 4 is 29.2 Å². The molecule has 0 aliphatic heterocycles. The average Bonchev–Trinajstić information content (AvgIpc) is 2.71. The zero-order valence-electron chi connectivity index (χ0n) is 17.0. The van der Waals surface area contributed by atoms with Crippen LogP contribution in [-0.4, -0.2) is 37.0 Å². The van der Waals surface area contributed by atoms with Crippen LogP contribution in [0.25, 0.3) is 0 Å². The number of ether oxygens (including phenoxy) is 1. The number of carbonyl (C=O) groups excluding carboxylic acids is 3. The summed E-state index contributed by atoms with van der Waals surface area (Å²) in [6, 6.07) is 13.5. The number of hydrogen-bond acceptors (Lipinski definition) is 5. The van der Waals surface area contributed by atoms with E-state index in [1.54, 1.807) is 48.5 Å². The Hall–Kier alpha value is -3.35. The van der Waals surface area contributed by atoms with E-state index in [9.17, 15) is 14.4 Å². The van der Waals surface area contributed by atoms with Crippen LogP contribution >= 0.6 is 0 Å². The van der Waals surface area contributed by atoms with Gasteiger partial charge in [0.15, 0.2) is 0 Å². The van der Waals surface area contributed by atoms with Gasteiger partial charge in [0, 0.05) is 23.0 Å². The molecule has 0 radical (unpaired) electrons. The highest BCUT2D eigenvalue weighted by Gasteiger charge is 2.09. The summed E-state index contributed by atoms with van der Waals surface area (Å²) in [5, 5.41) is 8.57. The summed E-state index contributed by atoms with van der Waals surface area (Å²) in [5.74, 6) is -0.737. The number of amides is 2. The normalized spacial score (nSPS) is 10.3. The highest BCUT2D eigenvalue weighted by Crippen LogP contribution is 2.12. The molecular formula is C22H27N3O4. The fraction of sp³-hybridized carbons (Fsp3) is 0.318. The van der Waals surface area contributed by atoms with Crippen molar-refractivity contribution in [3.8, 4) is 0 Å². The summed E-state index contributed by atoms with van der Waals surface area (Å²) in [7, 11) is 0. The number of rotatable bonds is 9. The molecule has 0 aliphatic rings. The van der Waals surface area contributed by atoms with Crippen LogP contribution in [-0.2, 0) is 9.53 Å².